The van der Waals surface area contributed by atoms with E-state index in [0.717, 1.165) is 19.4 Å². The molecule has 0 radical (unpaired) electrons. The van der Waals surface area contributed by atoms with E-state index in [9.17, 15) is 15.0 Å². The first-order valence-corrected chi connectivity index (χ1v) is 9.68. The van der Waals surface area contributed by atoms with Crippen LogP contribution >= 0.6 is 0 Å². The van der Waals surface area contributed by atoms with Gasteiger partial charge in [0.05, 0.1) is 24.2 Å². The minimum absolute atomic E-state index is 0.494. The number of hydrogen-bond donors (Lipinski definition) is 2. The number of carbonyl (C=O) groups is 1. The van der Waals surface area contributed by atoms with Crippen molar-refractivity contribution < 1.29 is 19.7 Å². The maximum Gasteiger partial charge on any atom is 0.313 e. The Morgan fingerprint density at radius 2 is 2.00 bits per heavy atom. The summed E-state index contributed by atoms with van der Waals surface area (Å²) in [5.74, 6) is 0.293. The number of ether oxygens (including phenoxy) is 1. The Morgan fingerprint density at radius 3 is 2.63 bits per heavy atom. The number of rotatable bonds is 5. The van der Waals surface area contributed by atoms with E-state index >= 15 is 0 Å². The molecule has 8 nitrogen and oxygen atoms in total. The lowest BCUT2D eigenvalue weighted by molar-refractivity contribution is -0.142. The van der Waals surface area contributed by atoms with Crippen molar-refractivity contribution in [3.8, 4) is 0 Å². The van der Waals surface area contributed by atoms with Gasteiger partial charge in [0.15, 0.2) is 0 Å². The first-order chi connectivity index (χ1) is 12.8. The van der Waals surface area contributed by atoms with Crippen molar-refractivity contribution >= 4 is 17.7 Å². The van der Waals surface area contributed by atoms with Gasteiger partial charge in [0.1, 0.15) is 5.82 Å². The van der Waals surface area contributed by atoms with Crippen LogP contribution in [-0.4, -0.2) is 71.1 Å². The number of hydrogen-bond acceptors (Lipinski definition) is 7. The molecule has 1 aromatic rings. The third kappa shape index (κ3) is 4.01. The second-order valence-electron chi connectivity index (χ2n) is 8.04. The van der Waals surface area contributed by atoms with Crippen molar-refractivity contribution in [2.45, 2.75) is 51.0 Å². The highest BCUT2D eigenvalue weighted by molar-refractivity contribution is 5.82. The monoisotopic (exact) mass is 378 g/mol. The molecular weight excluding hydrogens is 348 g/mol. The molecule has 0 aromatic carbocycles. The first-order valence-electron chi connectivity index (χ1n) is 9.68. The number of carboxylic acid groups (broad SMARTS) is 1. The van der Waals surface area contributed by atoms with Crippen molar-refractivity contribution in [3.63, 3.8) is 0 Å². The standard InChI is InChI=1S/C19H30N4O4/c1-4-19(26)6-5-7-23(13-19)17-20-12-14(18(2,3)16(24)25)15(21-17)22-8-10-27-11-9-22/h12,26H,4-11,13H2,1-3H3,(H,24,25). The van der Waals surface area contributed by atoms with Gasteiger partial charge in [0.2, 0.25) is 5.95 Å². The Morgan fingerprint density at radius 1 is 1.30 bits per heavy atom. The van der Waals surface area contributed by atoms with Gasteiger partial charge in [0.25, 0.3) is 0 Å². The Bertz CT molecular complexity index is 690. The quantitative estimate of drug-likeness (QED) is 0.794. The van der Waals surface area contributed by atoms with E-state index in [0.29, 0.717) is 56.6 Å². The van der Waals surface area contributed by atoms with Crippen LogP contribution in [0.3, 0.4) is 0 Å². The van der Waals surface area contributed by atoms with Gasteiger partial charge in [-0.1, -0.05) is 6.92 Å². The number of morpholine rings is 1. The molecule has 3 heterocycles. The Hall–Kier alpha value is -1.93. The van der Waals surface area contributed by atoms with Gasteiger partial charge in [-0.15, -0.1) is 0 Å². The molecule has 2 saturated heterocycles. The van der Waals surface area contributed by atoms with Crippen LogP contribution in [0.1, 0.15) is 45.6 Å². The van der Waals surface area contributed by atoms with E-state index in [4.69, 9.17) is 9.72 Å². The number of aromatic nitrogens is 2. The fourth-order valence-corrected chi connectivity index (χ4v) is 3.66. The summed E-state index contributed by atoms with van der Waals surface area (Å²) >= 11 is 0. The topological polar surface area (TPSA) is 99.0 Å². The summed E-state index contributed by atoms with van der Waals surface area (Å²) in [5, 5.41) is 20.4. The first kappa shape index (κ1) is 19.8. The van der Waals surface area contributed by atoms with E-state index in [2.05, 4.69) is 9.88 Å². The molecule has 1 atom stereocenters. The van der Waals surface area contributed by atoms with E-state index in [1.165, 1.54) is 0 Å². The molecule has 1 aromatic heterocycles. The molecule has 0 bridgehead atoms. The highest BCUT2D eigenvalue weighted by Gasteiger charge is 2.37. The highest BCUT2D eigenvalue weighted by atomic mass is 16.5. The number of piperidine rings is 1. The highest BCUT2D eigenvalue weighted by Crippen LogP contribution is 2.34. The maximum absolute atomic E-state index is 11.8. The molecule has 2 N–H and O–H groups in total. The third-order valence-corrected chi connectivity index (χ3v) is 5.77. The van der Waals surface area contributed by atoms with Crippen molar-refractivity contribution in [3.05, 3.63) is 11.8 Å². The molecule has 0 spiro atoms. The second kappa shape index (κ2) is 7.59. The molecule has 0 amide bonds. The number of β-amino-alcohol motifs (C(OH)–C–C–N with tert-alkyl or cyclic N) is 1. The smallest absolute Gasteiger partial charge is 0.313 e. The van der Waals surface area contributed by atoms with Gasteiger partial charge < -0.3 is 24.7 Å². The zero-order valence-electron chi connectivity index (χ0n) is 16.4. The molecule has 0 saturated carbocycles. The van der Waals surface area contributed by atoms with Crippen molar-refractivity contribution in [1.29, 1.82) is 0 Å². The summed E-state index contributed by atoms with van der Waals surface area (Å²) in [6.45, 7) is 9.12. The van der Waals surface area contributed by atoms with E-state index < -0.39 is 17.0 Å². The zero-order chi connectivity index (χ0) is 19.7. The molecule has 2 fully saturated rings. The molecule has 3 rings (SSSR count). The number of anilines is 2. The molecule has 1 unspecified atom stereocenters. The van der Waals surface area contributed by atoms with Crippen LogP contribution in [0.15, 0.2) is 6.20 Å². The number of aliphatic hydroxyl groups is 1. The molecule has 27 heavy (non-hydrogen) atoms. The lowest BCUT2D eigenvalue weighted by Gasteiger charge is -2.39. The Kier molecular flexibility index (Phi) is 5.58. The number of aliphatic carboxylic acids is 1. The van der Waals surface area contributed by atoms with E-state index in [1.807, 2.05) is 11.8 Å². The van der Waals surface area contributed by atoms with Crippen LogP contribution in [0.25, 0.3) is 0 Å². The average molecular weight is 378 g/mol. The molecule has 150 valence electrons. The summed E-state index contributed by atoms with van der Waals surface area (Å²) in [6, 6.07) is 0. The third-order valence-electron chi connectivity index (χ3n) is 5.77. The summed E-state index contributed by atoms with van der Waals surface area (Å²) in [7, 11) is 0. The Labute approximate surface area is 160 Å². The van der Waals surface area contributed by atoms with Crippen molar-refractivity contribution in [1.82, 2.24) is 9.97 Å². The van der Waals surface area contributed by atoms with Crippen LogP contribution < -0.4 is 9.80 Å². The molecule has 2 aliphatic rings. The van der Waals surface area contributed by atoms with Crippen LogP contribution in [-0.2, 0) is 14.9 Å². The Balaban J connectivity index is 1.99. The largest absolute Gasteiger partial charge is 0.481 e. The van der Waals surface area contributed by atoms with Crippen molar-refractivity contribution in [2.75, 3.05) is 49.2 Å². The van der Waals surface area contributed by atoms with Gasteiger partial charge in [-0.3, -0.25) is 4.79 Å². The van der Waals surface area contributed by atoms with Crippen LogP contribution in [0.2, 0.25) is 0 Å². The summed E-state index contributed by atoms with van der Waals surface area (Å²) in [4.78, 5) is 25.2. The van der Waals surface area contributed by atoms with Crippen molar-refractivity contribution in [2.24, 2.45) is 0 Å². The average Bonchev–Trinajstić information content (AvgIpc) is 2.68. The summed E-state index contributed by atoms with van der Waals surface area (Å²) < 4.78 is 5.44. The van der Waals surface area contributed by atoms with E-state index in [1.54, 1.807) is 20.0 Å². The predicted octanol–water partition coefficient (Wildman–Crippen LogP) is 1.42. The van der Waals surface area contributed by atoms with Crippen LogP contribution in [0, 0.1) is 0 Å². The molecule has 2 aliphatic heterocycles. The normalized spacial score (nSPS) is 24.1. The van der Waals surface area contributed by atoms with E-state index in [-0.39, 0.29) is 0 Å². The number of carboxylic acids is 1. The lowest BCUT2D eigenvalue weighted by atomic mass is 9.85. The minimum Gasteiger partial charge on any atom is -0.481 e. The molecule has 8 heteroatoms. The van der Waals surface area contributed by atoms with Gasteiger partial charge in [-0.2, -0.15) is 4.98 Å². The summed E-state index contributed by atoms with van der Waals surface area (Å²) in [6.07, 6.45) is 3.98. The van der Waals surface area contributed by atoms with Gasteiger partial charge in [0, 0.05) is 37.9 Å². The molecular formula is C19H30N4O4. The fourth-order valence-electron chi connectivity index (χ4n) is 3.66. The lowest BCUT2D eigenvalue weighted by Crippen LogP contribution is -2.48. The fraction of sp³-hybridized carbons (Fsp3) is 0.737. The maximum atomic E-state index is 11.8. The van der Waals surface area contributed by atoms with Crippen LogP contribution in [0.4, 0.5) is 11.8 Å². The predicted molar refractivity (Wildman–Crippen MR) is 102 cm³/mol. The second-order valence-corrected chi connectivity index (χ2v) is 8.04. The zero-order valence-corrected chi connectivity index (χ0v) is 16.4. The summed E-state index contributed by atoms with van der Waals surface area (Å²) in [5.41, 5.74) is -1.22. The van der Waals surface area contributed by atoms with Gasteiger partial charge in [-0.05, 0) is 33.1 Å². The minimum atomic E-state index is -1.10. The van der Waals surface area contributed by atoms with Gasteiger partial charge in [-0.25, -0.2) is 4.98 Å². The number of nitrogens with zero attached hydrogens (tertiary/aromatic N) is 4. The van der Waals surface area contributed by atoms with Crippen LogP contribution in [0.5, 0.6) is 0 Å². The molecule has 0 aliphatic carbocycles. The van der Waals surface area contributed by atoms with Gasteiger partial charge >= 0.3 is 5.97 Å². The SMILES string of the molecule is CCC1(O)CCCN(c2ncc(C(C)(C)C(=O)O)c(N3CCOCC3)n2)C1.